The predicted molar refractivity (Wildman–Crippen MR) is 113 cm³/mol. The van der Waals surface area contributed by atoms with Crippen molar-refractivity contribution in [1.82, 2.24) is 4.90 Å². The van der Waals surface area contributed by atoms with Crippen LogP contribution in [0.3, 0.4) is 0 Å². The summed E-state index contributed by atoms with van der Waals surface area (Å²) in [5, 5.41) is 0. The van der Waals surface area contributed by atoms with Crippen LogP contribution in [0, 0.1) is 5.82 Å². The Hall–Kier alpha value is -3.75. The number of rotatable bonds is 6. The number of fused-ring (bicyclic) bond motifs is 1. The highest BCUT2D eigenvalue weighted by Gasteiger charge is 2.54. The van der Waals surface area contributed by atoms with E-state index < -0.39 is 41.2 Å². The zero-order chi connectivity index (χ0) is 23.3. The maximum absolute atomic E-state index is 15.0. The Kier molecular flexibility index (Phi) is 4.92. The molecule has 0 bridgehead atoms. The number of ether oxygens (including phenoxy) is 2. The van der Waals surface area contributed by atoms with Gasteiger partial charge in [0.15, 0.2) is 0 Å². The number of hydrogen-bond acceptors (Lipinski definition) is 6. The van der Waals surface area contributed by atoms with E-state index in [0.29, 0.717) is 24.0 Å². The molecule has 1 unspecified atom stereocenters. The van der Waals surface area contributed by atoms with Crippen LogP contribution in [0.4, 0.5) is 14.9 Å². The van der Waals surface area contributed by atoms with Crippen molar-refractivity contribution in [3.05, 3.63) is 65.0 Å². The van der Waals surface area contributed by atoms with E-state index in [1.165, 1.54) is 17.0 Å². The summed E-state index contributed by atoms with van der Waals surface area (Å²) in [5.41, 5.74) is 0.192. The van der Waals surface area contributed by atoms with Crippen LogP contribution in [-0.4, -0.2) is 54.6 Å². The number of anilines is 1. The first kappa shape index (κ1) is 21.1. The number of nitrogens with zero attached hydrogens (tertiary/aromatic N) is 2. The second-order valence-corrected chi connectivity index (χ2v) is 8.35. The van der Waals surface area contributed by atoms with Gasteiger partial charge in [0.2, 0.25) is 0 Å². The SMILES string of the molecule is CCOC(=O)C1(c2ccc(N3CC(CN4C(=O)c5ccccc5C4=O)OC3=O)cc2F)CC1. The molecule has 0 spiro atoms. The van der Waals surface area contributed by atoms with Crippen molar-refractivity contribution in [2.24, 2.45) is 0 Å². The lowest BCUT2D eigenvalue weighted by molar-refractivity contribution is -0.146. The van der Waals surface area contributed by atoms with Crippen molar-refractivity contribution in [2.45, 2.75) is 31.3 Å². The quantitative estimate of drug-likeness (QED) is 0.494. The maximum atomic E-state index is 15.0. The van der Waals surface area contributed by atoms with Crippen molar-refractivity contribution >= 4 is 29.6 Å². The van der Waals surface area contributed by atoms with Crippen LogP contribution in [0.5, 0.6) is 0 Å². The Morgan fingerprint density at radius 1 is 1.12 bits per heavy atom. The van der Waals surface area contributed by atoms with Crippen LogP contribution < -0.4 is 4.90 Å². The van der Waals surface area contributed by atoms with E-state index in [-0.39, 0.29) is 30.9 Å². The van der Waals surface area contributed by atoms with Gasteiger partial charge in [-0.15, -0.1) is 0 Å². The summed E-state index contributed by atoms with van der Waals surface area (Å²) in [6.07, 6.45) is -0.432. The van der Waals surface area contributed by atoms with Crippen molar-refractivity contribution in [3.8, 4) is 0 Å². The number of halogens is 1. The number of carbonyl (C=O) groups is 4. The molecule has 2 heterocycles. The van der Waals surface area contributed by atoms with E-state index in [2.05, 4.69) is 0 Å². The smallest absolute Gasteiger partial charge is 0.414 e. The summed E-state index contributed by atoms with van der Waals surface area (Å²) < 4.78 is 25.4. The Morgan fingerprint density at radius 3 is 2.36 bits per heavy atom. The molecular formula is C24H21FN2O6. The number of carbonyl (C=O) groups excluding carboxylic acids is 4. The molecule has 33 heavy (non-hydrogen) atoms. The summed E-state index contributed by atoms with van der Waals surface area (Å²) in [6, 6.07) is 10.8. The second-order valence-electron chi connectivity index (χ2n) is 8.35. The van der Waals surface area contributed by atoms with Crippen LogP contribution in [0.2, 0.25) is 0 Å². The monoisotopic (exact) mass is 452 g/mol. The summed E-state index contributed by atoms with van der Waals surface area (Å²) in [5.74, 6) is -1.92. The minimum Gasteiger partial charge on any atom is -0.465 e. The number of benzene rings is 2. The normalized spacial score (nSPS) is 20.7. The Morgan fingerprint density at radius 2 is 1.79 bits per heavy atom. The van der Waals surface area contributed by atoms with Crippen LogP contribution in [0.15, 0.2) is 42.5 Å². The minimum absolute atomic E-state index is 0.0496. The van der Waals surface area contributed by atoms with Gasteiger partial charge in [0.1, 0.15) is 11.9 Å². The molecule has 3 aliphatic rings. The fraction of sp³-hybridized carbons (Fsp3) is 0.333. The Labute approximate surface area is 188 Å². The fourth-order valence-corrected chi connectivity index (χ4v) is 4.47. The average molecular weight is 452 g/mol. The van der Waals surface area contributed by atoms with E-state index in [9.17, 15) is 23.6 Å². The molecule has 0 N–H and O–H groups in total. The molecule has 2 aromatic carbocycles. The summed E-state index contributed by atoms with van der Waals surface area (Å²) in [4.78, 5) is 52.2. The lowest BCUT2D eigenvalue weighted by Gasteiger charge is -2.19. The molecule has 1 saturated heterocycles. The Balaban J connectivity index is 1.31. The van der Waals surface area contributed by atoms with Crippen molar-refractivity contribution in [3.63, 3.8) is 0 Å². The third-order valence-corrected chi connectivity index (χ3v) is 6.33. The van der Waals surface area contributed by atoms with Gasteiger partial charge < -0.3 is 9.47 Å². The van der Waals surface area contributed by atoms with Crippen molar-refractivity contribution in [2.75, 3.05) is 24.6 Å². The maximum Gasteiger partial charge on any atom is 0.414 e. The summed E-state index contributed by atoms with van der Waals surface area (Å²) >= 11 is 0. The molecule has 0 radical (unpaired) electrons. The van der Waals surface area contributed by atoms with Crippen LogP contribution in [0.25, 0.3) is 0 Å². The standard InChI is InChI=1S/C24H21FN2O6/c1-2-32-22(30)24(9-10-24)18-8-7-14(11-19(18)25)26-12-15(33-23(26)31)13-27-20(28)16-5-3-4-6-17(16)21(27)29/h3-8,11,15H,2,9-10,12-13H2,1H3. The molecule has 2 fully saturated rings. The molecule has 9 heteroatoms. The van der Waals surface area contributed by atoms with Crippen molar-refractivity contribution in [1.29, 1.82) is 0 Å². The lowest BCUT2D eigenvalue weighted by Crippen LogP contribution is -2.38. The highest BCUT2D eigenvalue weighted by molar-refractivity contribution is 6.21. The zero-order valence-electron chi connectivity index (χ0n) is 17.9. The van der Waals surface area contributed by atoms with Gasteiger partial charge in [0, 0.05) is 5.56 Å². The topological polar surface area (TPSA) is 93.2 Å². The molecule has 170 valence electrons. The van der Waals surface area contributed by atoms with Crippen LogP contribution in [-0.2, 0) is 19.7 Å². The lowest BCUT2D eigenvalue weighted by atomic mass is 9.95. The van der Waals surface area contributed by atoms with Gasteiger partial charge in [-0.3, -0.25) is 24.2 Å². The number of imide groups is 1. The zero-order valence-corrected chi connectivity index (χ0v) is 17.9. The van der Waals surface area contributed by atoms with Gasteiger partial charge >= 0.3 is 12.1 Å². The molecule has 1 saturated carbocycles. The van der Waals surface area contributed by atoms with E-state index in [1.807, 2.05) is 0 Å². The molecule has 2 aromatic rings. The van der Waals surface area contributed by atoms with Gasteiger partial charge in [-0.05, 0) is 44.0 Å². The van der Waals surface area contributed by atoms with Gasteiger partial charge in [-0.1, -0.05) is 18.2 Å². The van der Waals surface area contributed by atoms with E-state index >= 15 is 0 Å². The fourth-order valence-electron chi connectivity index (χ4n) is 4.47. The van der Waals surface area contributed by atoms with Crippen LogP contribution in [0.1, 0.15) is 46.0 Å². The second kappa shape index (κ2) is 7.68. The number of hydrogen-bond donors (Lipinski definition) is 0. The average Bonchev–Trinajstić information content (AvgIpc) is 3.48. The molecule has 8 nitrogen and oxygen atoms in total. The van der Waals surface area contributed by atoms with Crippen molar-refractivity contribution < 1.29 is 33.0 Å². The van der Waals surface area contributed by atoms with E-state index in [1.54, 1.807) is 37.3 Å². The molecule has 0 aromatic heterocycles. The first-order valence-corrected chi connectivity index (χ1v) is 10.8. The van der Waals surface area contributed by atoms with Gasteiger partial charge in [0.25, 0.3) is 11.8 Å². The molecule has 3 amide bonds. The molecule has 1 atom stereocenters. The molecule has 1 aliphatic carbocycles. The molecule has 2 aliphatic heterocycles. The largest absolute Gasteiger partial charge is 0.465 e. The molecular weight excluding hydrogens is 431 g/mol. The number of esters is 1. The summed E-state index contributed by atoms with van der Waals surface area (Å²) in [6.45, 7) is 1.87. The molecule has 5 rings (SSSR count). The number of amides is 3. The minimum atomic E-state index is -0.960. The Bertz CT molecular complexity index is 1160. The number of cyclic esters (lactones) is 1. The van der Waals surface area contributed by atoms with Crippen LogP contribution >= 0.6 is 0 Å². The first-order chi connectivity index (χ1) is 15.9. The van der Waals surface area contributed by atoms with Gasteiger partial charge in [-0.25, -0.2) is 9.18 Å². The third kappa shape index (κ3) is 3.35. The highest BCUT2D eigenvalue weighted by atomic mass is 19.1. The predicted octanol–water partition coefficient (Wildman–Crippen LogP) is 3.04. The van der Waals surface area contributed by atoms with Gasteiger partial charge in [0.05, 0.1) is 41.9 Å². The van der Waals surface area contributed by atoms with E-state index in [4.69, 9.17) is 9.47 Å². The highest BCUT2D eigenvalue weighted by Crippen LogP contribution is 2.50. The summed E-state index contributed by atoms with van der Waals surface area (Å²) in [7, 11) is 0. The first-order valence-electron chi connectivity index (χ1n) is 10.8. The van der Waals surface area contributed by atoms with E-state index in [0.717, 1.165) is 4.90 Å². The third-order valence-electron chi connectivity index (χ3n) is 6.33. The van der Waals surface area contributed by atoms with Gasteiger partial charge in [-0.2, -0.15) is 0 Å².